The normalized spacial score (nSPS) is 10.9. The van der Waals surface area contributed by atoms with Crippen molar-refractivity contribution < 1.29 is 0 Å². The average Bonchev–Trinajstić information content (AvgIpc) is 2.30. The summed E-state index contributed by atoms with van der Waals surface area (Å²) in [4.78, 5) is 4.26. The van der Waals surface area contributed by atoms with Gasteiger partial charge in [-0.15, -0.1) is 0 Å². The highest BCUT2D eigenvalue weighted by molar-refractivity contribution is 14.1. The molecule has 2 aromatic rings. The monoisotopic (exact) mass is 273 g/mol. The van der Waals surface area contributed by atoms with Crippen molar-refractivity contribution in [1.29, 1.82) is 0 Å². The highest BCUT2D eigenvalue weighted by Crippen LogP contribution is 2.12. The van der Waals surface area contributed by atoms with E-state index in [1.807, 2.05) is 23.7 Å². The Morgan fingerprint density at radius 2 is 2.17 bits per heavy atom. The zero-order valence-electron chi connectivity index (χ0n) is 6.87. The number of fused-ring (bicyclic) bond motifs is 1. The summed E-state index contributed by atoms with van der Waals surface area (Å²) in [5.41, 5.74) is 2.15. The van der Waals surface area contributed by atoms with Gasteiger partial charge in [0, 0.05) is 9.77 Å². The second-order valence-electron chi connectivity index (χ2n) is 2.77. The largest absolute Gasteiger partial charge is 0.221 e. The van der Waals surface area contributed by atoms with Gasteiger partial charge in [-0.25, -0.2) is 9.50 Å². The number of hydrogen-bond acceptors (Lipinski definition) is 2. The summed E-state index contributed by atoms with van der Waals surface area (Å²) in [6.45, 7) is 3.97. The van der Waals surface area contributed by atoms with E-state index in [0.29, 0.717) is 0 Å². The first-order valence-corrected chi connectivity index (χ1v) is 4.74. The molecular weight excluding hydrogens is 265 g/mol. The fourth-order valence-electron chi connectivity index (χ4n) is 1.11. The summed E-state index contributed by atoms with van der Waals surface area (Å²) in [5, 5.41) is 4.22. The van der Waals surface area contributed by atoms with Crippen molar-refractivity contribution in [3.05, 3.63) is 27.2 Å². The van der Waals surface area contributed by atoms with Crippen LogP contribution in [0.1, 0.15) is 11.4 Å². The van der Waals surface area contributed by atoms with Crippen molar-refractivity contribution in [3.8, 4) is 0 Å². The molecule has 0 saturated heterocycles. The van der Waals surface area contributed by atoms with Gasteiger partial charge in [0.15, 0.2) is 5.65 Å². The Kier molecular flexibility index (Phi) is 1.79. The molecular formula is C8H8IN3. The summed E-state index contributed by atoms with van der Waals surface area (Å²) in [5.74, 6) is 0.816. The SMILES string of the molecule is Cc1nc2cc(I)c(C)cn2n1. The molecule has 0 N–H and O–H groups in total. The van der Waals surface area contributed by atoms with Crippen LogP contribution in [-0.4, -0.2) is 14.6 Å². The van der Waals surface area contributed by atoms with Crippen molar-refractivity contribution in [1.82, 2.24) is 14.6 Å². The molecule has 0 aliphatic rings. The van der Waals surface area contributed by atoms with Gasteiger partial charge in [0.1, 0.15) is 5.82 Å². The maximum atomic E-state index is 4.26. The third-order valence-corrected chi connectivity index (χ3v) is 2.87. The molecule has 4 heteroatoms. The van der Waals surface area contributed by atoms with Crippen molar-refractivity contribution in [3.63, 3.8) is 0 Å². The molecule has 0 aliphatic carbocycles. The topological polar surface area (TPSA) is 30.2 Å². The summed E-state index contributed by atoms with van der Waals surface area (Å²) in [6.07, 6.45) is 2.00. The number of pyridine rings is 1. The molecule has 2 heterocycles. The lowest BCUT2D eigenvalue weighted by Crippen LogP contribution is -1.90. The minimum absolute atomic E-state index is 0.816. The lowest BCUT2D eigenvalue weighted by Gasteiger charge is -1.96. The molecule has 62 valence electrons. The van der Waals surface area contributed by atoms with Gasteiger partial charge < -0.3 is 0 Å². The number of nitrogens with zero attached hydrogens (tertiary/aromatic N) is 3. The summed E-state index contributed by atoms with van der Waals surface area (Å²) >= 11 is 2.30. The summed E-state index contributed by atoms with van der Waals surface area (Å²) in [6, 6.07) is 2.04. The summed E-state index contributed by atoms with van der Waals surface area (Å²) in [7, 11) is 0. The van der Waals surface area contributed by atoms with Gasteiger partial charge in [0.05, 0.1) is 0 Å². The van der Waals surface area contributed by atoms with E-state index < -0.39 is 0 Å². The molecule has 0 aromatic carbocycles. The Labute approximate surface area is 83.9 Å². The predicted octanol–water partition coefficient (Wildman–Crippen LogP) is 1.95. The van der Waals surface area contributed by atoms with Crippen LogP contribution in [0.15, 0.2) is 12.3 Å². The highest BCUT2D eigenvalue weighted by Gasteiger charge is 2.01. The minimum atomic E-state index is 0.816. The molecule has 3 nitrogen and oxygen atoms in total. The second kappa shape index (κ2) is 2.69. The van der Waals surface area contributed by atoms with Crippen molar-refractivity contribution >= 4 is 28.2 Å². The van der Waals surface area contributed by atoms with Crippen LogP contribution in [0.4, 0.5) is 0 Å². The fourth-order valence-corrected chi connectivity index (χ4v) is 1.53. The maximum absolute atomic E-state index is 4.26. The minimum Gasteiger partial charge on any atom is -0.221 e. The third-order valence-electron chi connectivity index (χ3n) is 1.71. The van der Waals surface area contributed by atoms with Gasteiger partial charge in [-0.3, -0.25) is 0 Å². The molecule has 0 saturated carbocycles. The molecule has 0 fully saturated rings. The molecule has 12 heavy (non-hydrogen) atoms. The van der Waals surface area contributed by atoms with Gasteiger partial charge in [-0.05, 0) is 48.1 Å². The first-order chi connectivity index (χ1) is 5.66. The van der Waals surface area contributed by atoms with Crippen LogP contribution in [0.3, 0.4) is 0 Å². The van der Waals surface area contributed by atoms with E-state index in [2.05, 4.69) is 39.6 Å². The van der Waals surface area contributed by atoms with E-state index in [9.17, 15) is 0 Å². The Balaban J connectivity index is 2.83. The lowest BCUT2D eigenvalue weighted by molar-refractivity contribution is 0.921. The molecule has 0 spiro atoms. The second-order valence-corrected chi connectivity index (χ2v) is 3.93. The standard InChI is InChI=1S/C8H8IN3/c1-5-4-12-8(3-7(5)9)10-6(2)11-12/h3-4H,1-2H3. The molecule has 0 radical (unpaired) electrons. The van der Waals surface area contributed by atoms with Gasteiger partial charge in [-0.1, -0.05) is 0 Å². The van der Waals surface area contributed by atoms with Crippen LogP contribution >= 0.6 is 22.6 Å². The number of aromatic nitrogens is 3. The Morgan fingerprint density at radius 1 is 1.42 bits per heavy atom. The lowest BCUT2D eigenvalue weighted by atomic mass is 10.3. The molecule has 0 unspecified atom stereocenters. The fraction of sp³-hybridized carbons (Fsp3) is 0.250. The molecule has 0 amide bonds. The van der Waals surface area contributed by atoms with Gasteiger partial charge in [0.2, 0.25) is 0 Å². The van der Waals surface area contributed by atoms with Gasteiger partial charge in [-0.2, -0.15) is 5.10 Å². The zero-order valence-corrected chi connectivity index (χ0v) is 9.03. The van der Waals surface area contributed by atoms with E-state index in [1.165, 1.54) is 9.13 Å². The van der Waals surface area contributed by atoms with Crippen LogP contribution in [-0.2, 0) is 0 Å². The Morgan fingerprint density at radius 3 is 2.92 bits per heavy atom. The van der Waals surface area contributed by atoms with E-state index in [1.54, 1.807) is 0 Å². The first-order valence-electron chi connectivity index (χ1n) is 3.66. The number of rotatable bonds is 0. The predicted molar refractivity (Wildman–Crippen MR) is 55.2 cm³/mol. The Bertz CT molecular complexity index is 394. The number of hydrogen-bond donors (Lipinski definition) is 0. The molecule has 2 aromatic heterocycles. The van der Waals surface area contributed by atoms with Crippen molar-refractivity contribution in [2.75, 3.05) is 0 Å². The van der Waals surface area contributed by atoms with Crippen LogP contribution in [0.25, 0.3) is 5.65 Å². The third kappa shape index (κ3) is 1.20. The van der Waals surface area contributed by atoms with Gasteiger partial charge >= 0.3 is 0 Å². The van der Waals surface area contributed by atoms with E-state index in [0.717, 1.165) is 11.5 Å². The van der Waals surface area contributed by atoms with Crippen LogP contribution in [0, 0.1) is 17.4 Å². The van der Waals surface area contributed by atoms with E-state index in [-0.39, 0.29) is 0 Å². The van der Waals surface area contributed by atoms with Gasteiger partial charge in [0.25, 0.3) is 0 Å². The first kappa shape index (κ1) is 7.97. The molecule has 0 aliphatic heterocycles. The van der Waals surface area contributed by atoms with Crippen molar-refractivity contribution in [2.45, 2.75) is 13.8 Å². The summed E-state index contributed by atoms with van der Waals surface area (Å²) < 4.78 is 3.04. The highest BCUT2D eigenvalue weighted by atomic mass is 127. The molecule has 0 atom stereocenters. The van der Waals surface area contributed by atoms with E-state index in [4.69, 9.17) is 0 Å². The quantitative estimate of drug-likeness (QED) is 0.687. The maximum Gasteiger partial charge on any atom is 0.156 e. The number of aryl methyl sites for hydroxylation is 2. The van der Waals surface area contributed by atoms with Crippen LogP contribution in [0.5, 0.6) is 0 Å². The number of halogens is 1. The van der Waals surface area contributed by atoms with Crippen LogP contribution < -0.4 is 0 Å². The van der Waals surface area contributed by atoms with Crippen molar-refractivity contribution in [2.24, 2.45) is 0 Å². The van der Waals surface area contributed by atoms with Crippen LogP contribution in [0.2, 0.25) is 0 Å². The molecule has 0 bridgehead atoms. The zero-order chi connectivity index (χ0) is 8.72. The molecule has 2 rings (SSSR count). The average molecular weight is 273 g/mol. The smallest absolute Gasteiger partial charge is 0.156 e. The Hall–Kier alpha value is -0.650. The van der Waals surface area contributed by atoms with E-state index >= 15 is 0 Å².